The van der Waals surface area contributed by atoms with Crippen LogP contribution in [0, 0.1) is 0 Å². The number of nitrogens with zero attached hydrogens (tertiary/aromatic N) is 3. The quantitative estimate of drug-likeness (QED) is 0.380. The number of fused-ring (bicyclic) bond motifs is 1. The van der Waals surface area contributed by atoms with E-state index >= 15 is 0 Å². The average molecular weight is 461 g/mol. The zero-order valence-corrected chi connectivity index (χ0v) is 19.4. The highest BCUT2D eigenvalue weighted by Crippen LogP contribution is 2.30. The van der Waals surface area contributed by atoms with Crippen molar-refractivity contribution in [3.63, 3.8) is 0 Å². The average Bonchev–Trinajstić information content (AvgIpc) is 3.49. The van der Waals surface area contributed by atoms with Gasteiger partial charge >= 0.3 is 0 Å². The SMILES string of the molecule is O=C(NCCCCN1CCN(c2onc3sccc23)CC1)c1ccc(-c2ccccc2)cc1. The van der Waals surface area contributed by atoms with Crippen LogP contribution < -0.4 is 10.2 Å². The van der Waals surface area contributed by atoms with Gasteiger partial charge in [-0.2, -0.15) is 0 Å². The van der Waals surface area contributed by atoms with Crippen molar-refractivity contribution >= 4 is 33.3 Å². The van der Waals surface area contributed by atoms with E-state index in [0.717, 1.165) is 72.8 Å². The van der Waals surface area contributed by atoms with E-state index in [-0.39, 0.29) is 5.91 Å². The Hall–Kier alpha value is -3.16. The largest absolute Gasteiger partial charge is 0.352 e. The van der Waals surface area contributed by atoms with Crippen LogP contribution in [0.15, 0.2) is 70.6 Å². The lowest BCUT2D eigenvalue weighted by Gasteiger charge is -2.34. The molecule has 7 heteroatoms. The maximum atomic E-state index is 12.4. The van der Waals surface area contributed by atoms with E-state index in [0.29, 0.717) is 12.1 Å². The van der Waals surface area contributed by atoms with Gasteiger partial charge in [0.15, 0.2) is 4.83 Å². The minimum atomic E-state index is -0.00460. The highest BCUT2D eigenvalue weighted by molar-refractivity contribution is 7.16. The summed E-state index contributed by atoms with van der Waals surface area (Å²) in [4.78, 5) is 18.2. The summed E-state index contributed by atoms with van der Waals surface area (Å²) in [5, 5.41) is 10.4. The fourth-order valence-corrected chi connectivity index (χ4v) is 4.98. The second kappa shape index (κ2) is 10.2. The van der Waals surface area contributed by atoms with Crippen LogP contribution in [-0.4, -0.2) is 55.2 Å². The van der Waals surface area contributed by atoms with Gasteiger partial charge in [0.2, 0.25) is 5.88 Å². The number of carbonyl (C=O) groups is 1. The molecule has 0 radical (unpaired) electrons. The van der Waals surface area contributed by atoms with Gasteiger partial charge in [-0.15, -0.1) is 11.3 Å². The van der Waals surface area contributed by atoms with Crippen LogP contribution in [0.4, 0.5) is 5.88 Å². The fourth-order valence-electron chi connectivity index (χ4n) is 4.28. The first-order valence-corrected chi connectivity index (χ1v) is 12.4. The number of benzene rings is 2. The van der Waals surface area contributed by atoms with Gasteiger partial charge in [-0.3, -0.25) is 9.69 Å². The van der Waals surface area contributed by atoms with Crippen molar-refractivity contribution in [3.05, 3.63) is 71.6 Å². The van der Waals surface area contributed by atoms with Gasteiger partial charge in [-0.25, -0.2) is 0 Å². The Morgan fingerprint density at radius 3 is 2.48 bits per heavy atom. The van der Waals surface area contributed by atoms with E-state index in [4.69, 9.17) is 4.52 Å². The van der Waals surface area contributed by atoms with Crippen LogP contribution in [0.1, 0.15) is 23.2 Å². The van der Waals surface area contributed by atoms with Crippen molar-refractivity contribution in [3.8, 4) is 11.1 Å². The zero-order valence-electron chi connectivity index (χ0n) is 18.6. The molecule has 33 heavy (non-hydrogen) atoms. The summed E-state index contributed by atoms with van der Waals surface area (Å²) in [6, 6.07) is 20.1. The number of piperazine rings is 1. The number of thiophene rings is 1. The molecular formula is C26H28N4O2S. The van der Waals surface area contributed by atoms with E-state index < -0.39 is 0 Å². The number of rotatable bonds is 8. The smallest absolute Gasteiger partial charge is 0.251 e. The lowest BCUT2D eigenvalue weighted by Crippen LogP contribution is -2.46. The molecule has 0 bridgehead atoms. The minimum absolute atomic E-state index is 0.00460. The highest BCUT2D eigenvalue weighted by atomic mass is 32.1. The molecule has 2 aromatic heterocycles. The Morgan fingerprint density at radius 1 is 0.939 bits per heavy atom. The Labute approximate surface area is 197 Å². The predicted octanol–water partition coefficient (Wildman–Crippen LogP) is 4.89. The summed E-state index contributed by atoms with van der Waals surface area (Å²) in [5.41, 5.74) is 2.99. The van der Waals surface area contributed by atoms with E-state index in [1.54, 1.807) is 11.3 Å². The molecule has 0 spiro atoms. The summed E-state index contributed by atoms with van der Waals surface area (Å²) >= 11 is 1.62. The van der Waals surface area contributed by atoms with Gasteiger partial charge in [0, 0.05) is 38.3 Å². The van der Waals surface area contributed by atoms with Gasteiger partial charge in [0.25, 0.3) is 5.91 Å². The summed E-state index contributed by atoms with van der Waals surface area (Å²) in [7, 11) is 0. The second-order valence-corrected chi connectivity index (χ2v) is 9.26. The third-order valence-corrected chi connectivity index (χ3v) is 6.98. The summed E-state index contributed by atoms with van der Waals surface area (Å²) in [6.07, 6.45) is 2.05. The van der Waals surface area contributed by atoms with Gasteiger partial charge in [0.05, 0.1) is 5.39 Å². The lowest BCUT2D eigenvalue weighted by atomic mass is 10.0. The predicted molar refractivity (Wildman–Crippen MR) is 134 cm³/mol. The molecule has 0 unspecified atom stereocenters. The number of hydrogen-bond donors (Lipinski definition) is 1. The van der Waals surface area contributed by atoms with Crippen molar-refractivity contribution in [2.75, 3.05) is 44.2 Å². The molecule has 0 atom stereocenters. The van der Waals surface area contributed by atoms with E-state index in [2.05, 4.69) is 43.9 Å². The molecule has 6 nitrogen and oxygen atoms in total. The van der Waals surface area contributed by atoms with Crippen LogP contribution in [0.5, 0.6) is 0 Å². The Kier molecular flexibility index (Phi) is 6.69. The van der Waals surface area contributed by atoms with Crippen LogP contribution in [0.2, 0.25) is 0 Å². The molecule has 4 aromatic rings. The first-order chi connectivity index (χ1) is 16.3. The molecular weight excluding hydrogens is 432 g/mol. The third-order valence-electron chi connectivity index (χ3n) is 6.19. The first-order valence-electron chi connectivity index (χ1n) is 11.5. The van der Waals surface area contributed by atoms with Gasteiger partial charge in [-0.1, -0.05) is 47.6 Å². The molecule has 2 aromatic carbocycles. The molecule has 1 N–H and O–H groups in total. The summed E-state index contributed by atoms with van der Waals surface area (Å²) < 4.78 is 5.56. The monoisotopic (exact) mass is 460 g/mol. The van der Waals surface area contributed by atoms with Crippen molar-refractivity contribution in [2.45, 2.75) is 12.8 Å². The molecule has 0 saturated carbocycles. The maximum Gasteiger partial charge on any atom is 0.251 e. The lowest BCUT2D eigenvalue weighted by molar-refractivity contribution is 0.0952. The Morgan fingerprint density at radius 2 is 1.70 bits per heavy atom. The normalized spacial score (nSPS) is 14.6. The maximum absolute atomic E-state index is 12.4. The number of nitrogens with one attached hydrogen (secondary N) is 1. The molecule has 0 aliphatic carbocycles. The van der Waals surface area contributed by atoms with Crippen molar-refractivity contribution in [1.29, 1.82) is 0 Å². The third kappa shape index (κ3) is 5.10. The van der Waals surface area contributed by atoms with E-state index in [1.165, 1.54) is 0 Å². The van der Waals surface area contributed by atoms with Crippen molar-refractivity contribution < 1.29 is 9.32 Å². The minimum Gasteiger partial charge on any atom is -0.352 e. The molecule has 5 rings (SSSR count). The number of anilines is 1. The molecule has 170 valence electrons. The van der Waals surface area contributed by atoms with E-state index in [1.807, 2.05) is 42.5 Å². The molecule has 1 aliphatic rings. The fraction of sp³-hybridized carbons (Fsp3) is 0.308. The van der Waals surface area contributed by atoms with Gasteiger partial charge in [0.1, 0.15) is 0 Å². The summed E-state index contributed by atoms with van der Waals surface area (Å²) in [5.74, 6) is 0.903. The van der Waals surface area contributed by atoms with Crippen LogP contribution in [0.25, 0.3) is 21.3 Å². The van der Waals surface area contributed by atoms with Crippen LogP contribution >= 0.6 is 11.3 Å². The molecule has 1 aliphatic heterocycles. The molecule has 1 fully saturated rings. The second-order valence-electron chi connectivity index (χ2n) is 8.36. The Balaban J connectivity index is 1.00. The van der Waals surface area contributed by atoms with Crippen molar-refractivity contribution in [1.82, 2.24) is 15.4 Å². The number of aromatic nitrogens is 1. The topological polar surface area (TPSA) is 61.6 Å². The highest BCUT2D eigenvalue weighted by Gasteiger charge is 2.22. The zero-order chi connectivity index (χ0) is 22.5. The molecule has 1 amide bonds. The number of carbonyl (C=O) groups excluding carboxylic acids is 1. The molecule has 3 heterocycles. The number of hydrogen-bond acceptors (Lipinski definition) is 6. The Bertz CT molecular complexity index is 1180. The van der Waals surface area contributed by atoms with Gasteiger partial charge in [-0.05, 0) is 54.1 Å². The van der Waals surface area contributed by atoms with Crippen LogP contribution in [-0.2, 0) is 0 Å². The van der Waals surface area contributed by atoms with Gasteiger partial charge < -0.3 is 14.7 Å². The number of amides is 1. The summed E-state index contributed by atoms with van der Waals surface area (Å²) in [6.45, 7) is 5.71. The van der Waals surface area contributed by atoms with E-state index in [9.17, 15) is 4.79 Å². The molecule has 1 saturated heterocycles. The van der Waals surface area contributed by atoms with Crippen molar-refractivity contribution in [2.24, 2.45) is 0 Å². The number of unbranched alkanes of at least 4 members (excludes halogenated alkanes) is 1. The first kappa shape index (κ1) is 21.7. The standard InChI is InChI=1S/C26H28N4O2S/c31-24(22-10-8-21(9-11-22)20-6-2-1-3-7-20)27-13-4-5-14-29-15-17-30(18-16-29)26-23-12-19-33-25(23)28-32-26/h1-3,6-12,19H,4-5,13-18H2,(H,27,31). The van der Waals surface area contributed by atoms with Crippen LogP contribution in [0.3, 0.4) is 0 Å².